The summed E-state index contributed by atoms with van der Waals surface area (Å²) >= 11 is 0. The van der Waals surface area contributed by atoms with Gasteiger partial charge in [-0.1, -0.05) is 30.3 Å². The van der Waals surface area contributed by atoms with Crippen molar-refractivity contribution in [2.45, 2.75) is 37.5 Å². The predicted molar refractivity (Wildman–Crippen MR) is 95.1 cm³/mol. The largest absolute Gasteiger partial charge is 0.488 e. The molecule has 2 heterocycles. The highest BCUT2D eigenvalue weighted by Gasteiger charge is 2.43. The zero-order valence-corrected chi connectivity index (χ0v) is 14.4. The molecule has 4 rings (SSSR count). The van der Waals surface area contributed by atoms with Crippen LogP contribution in [0.2, 0.25) is 0 Å². The molecule has 0 saturated carbocycles. The highest BCUT2D eigenvalue weighted by atomic mass is 19.1. The number of halogens is 1. The average Bonchev–Trinajstić information content (AvgIpc) is 3.02. The lowest BCUT2D eigenvalue weighted by Crippen LogP contribution is -2.44. The number of benzene rings is 2. The van der Waals surface area contributed by atoms with Crippen LogP contribution in [0.3, 0.4) is 0 Å². The Balaban J connectivity index is 1.29. The second kappa shape index (κ2) is 7.14. The Morgan fingerprint density at radius 1 is 1.04 bits per heavy atom. The van der Waals surface area contributed by atoms with E-state index >= 15 is 0 Å². The first-order chi connectivity index (χ1) is 12.2. The molecule has 2 fully saturated rings. The maximum absolute atomic E-state index is 13.0. The van der Waals surface area contributed by atoms with Gasteiger partial charge in [0, 0.05) is 26.1 Å². The van der Waals surface area contributed by atoms with E-state index < -0.39 is 0 Å². The number of piperidine rings is 1. The van der Waals surface area contributed by atoms with Crippen LogP contribution < -0.4 is 4.74 Å². The van der Waals surface area contributed by atoms with E-state index in [-0.39, 0.29) is 17.5 Å². The Morgan fingerprint density at radius 2 is 1.76 bits per heavy atom. The lowest BCUT2D eigenvalue weighted by atomic mass is 9.88. The summed E-state index contributed by atoms with van der Waals surface area (Å²) < 4.78 is 25.3. The van der Waals surface area contributed by atoms with Gasteiger partial charge >= 0.3 is 0 Å². The van der Waals surface area contributed by atoms with Crippen molar-refractivity contribution in [1.82, 2.24) is 4.90 Å². The summed E-state index contributed by atoms with van der Waals surface area (Å²) in [6.07, 6.45) is 3.17. The van der Waals surface area contributed by atoms with Gasteiger partial charge in [0.2, 0.25) is 0 Å². The van der Waals surface area contributed by atoms with Crippen LogP contribution in [0.5, 0.6) is 5.75 Å². The summed E-state index contributed by atoms with van der Waals surface area (Å²) in [6, 6.07) is 16.8. The molecule has 0 amide bonds. The summed E-state index contributed by atoms with van der Waals surface area (Å²) in [7, 11) is 0. The molecule has 2 aliphatic rings. The van der Waals surface area contributed by atoms with Crippen molar-refractivity contribution >= 4 is 0 Å². The van der Waals surface area contributed by atoms with Gasteiger partial charge in [-0.05, 0) is 42.7 Å². The quantitative estimate of drug-likeness (QED) is 0.838. The molecule has 0 aliphatic carbocycles. The smallest absolute Gasteiger partial charge is 0.125 e. The van der Waals surface area contributed by atoms with E-state index in [9.17, 15) is 4.39 Å². The van der Waals surface area contributed by atoms with E-state index in [1.54, 1.807) is 0 Å². The van der Waals surface area contributed by atoms with Crippen LogP contribution in [0.1, 0.15) is 24.8 Å². The summed E-state index contributed by atoms with van der Waals surface area (Å²) in [4.78, 5) is 2.42. The van der Waals surface area contributed by atoms with Crippen LogP contribution >= 0.6 is 0 Å². The van der Waals surface area contributed by atoms with Crippen molar-refractivity contribution in [3.05, 3.63) is 66.0 Å². The third-order valence-electron chi connectivity index (χ3n) is 5.31. The Hall–Kier alpha value is -1.91. The molecule has 3 nitrogen and oxygen atoms in total. The monoisotopic (exact) mass is 341 g/mol. The first kappa shape index (κ1) is 16.6. The second-order valence-corrected chi connectivity index (χ2v) is 7.15. The molecule has 0 radical (unpaired) electrons. The molecule has 25 heavy (non-hydrogen) atoms. The average molecular weight is 341 g/mol. The fourth-order valence-corrected chi connectivity index (χ4v) is 3.88. The van der Waals surface area contributed by atoms with E-state index in [0.717, 1.165) is 50.2 Å². The lowest BCUT2D eigenvalue weighted by Gasteiger charge is -2.38. The Labute approximate surface area is 148 Å². The minimum Gasteiger partial charge on any atom is -0.488 e. The van der Waals surface area contributed by atoms with E-state index in [4.69, 9.17) is 9.47 Å². The van der Waals surface area contributed by atoms with Gasteiger partial charge in [-0.2, -0.15) is 0 Å². The van der Waals surface area contributed by atoms with Gasteiger partial charge < -0.3 is 9.47 Å². The number of hydrogen-bond acceptors (Lipinski definition) is 3. The van der Waals surface area contributed by atoms with E-state index in [2.05, 4.69) is 4.90 Å². The van der Waals surface area contributed by atoms with Crippen LogP contribution in [-0.4, -0.2) is 36.3 Å². The molecule has 1 spiro atoms. The minimum absolute atomic E-state index is 0.0290. The zero-order chi connectivity index (χ0) is 17.1. The fourth-order valence-electron chi connectivity index (χ4n) is 3.88. The summed E-state index contributed by atoms with van der Waals surface area (Å²) in [5, 5.41) is 0. The minimum atomic E-state index is -0.176. The summed E-state index contributed by atoms with van der Waals surface area (Å²) in [5.41, 5.74) is 1.13. The molecule has 2 saturated heterocycles. The zero-order valence-electron chi connectivity index (χ0n) is 14.4. The van der Waals surface area contributed by atoms with Gasteiger partial charge in [0.25, 0.3) is 0 Å². The molecular weight excluding hydrogens is 317 g/mol. The normalized spacial score (nSPS) is 23.0. The summed E-state index contributed by atoms with van der Waals surface area (Å²) in [5.74, 6) is 0.743. The van der Waals surface area contributed by atoms with Crippen LogP contribution in [0.4, 0.5) is 4.39 Å². The summed E-state index contributed by atoms with van der Waals surface area (Å²) in [6.45, 7) is 3.57. The second-order valence-electron chi connectivity index (χ2n) is 7.15. The molecule has 2 aliphatic heterocycles. The predicted octanol–water partition coefficient (Wildman–Crippen LogP) is 4.03. The fraction of sp³-hybridized carbons (Fsp3) is 0.429. The standard InChI is InChI=1S/C21H24FNO2/c22-18-8-6-17(7-9-18)15-23-12-10-21(11-13-23)14-20(16-24-21)25-19-4-2-1-3-5-19/h1-9,20H,10-16H2/t20-/m0/s1. The topological polar surface area (TPSA) is 21.7 Å². The van der Waals surface area contributed by atoms with Crippen LogP contribution in [-0.2, 0) is 11.3 Å². The van der Waals surface area contributed by atoms with Gasteiger partial charge in [-0.3, -0.25) is 4.90 Å². The van der Waals surface area contributed by atoms with Crippen LogP contribution in [0.25, 0.3) is 0 Å². The number of para-hydroxylation sites is 1. The Morgan fingerprint density at radius 3 is 2.48 bits per heavy atom. The van der Waals surface area contributed by atoms with Crippen molar-refractivity contribution in [2.75, 3.05) is 19.7 Å². The third kappa shape index (κ3) is 4.02. The Kier molecular flexibility index (Phi) is 4.73. The van der Waals surface area contributed by atoms with Crippen molar-refractivity contribution in [2.24, 2.45) is 0 Å². The number of nitrogens with zero attached hydrogens (tertiary/aromatic N) is 1. The number of hydrogen-bond donors (Lipinski definition) is 0. The maximum Gasteiger partial charge on any atom is 0.125 e. The van der Waals surface area contributed by atoms with Crippen LogP contribution in [0.15, 0.2) is 54.6 Å². The lowest BCUT2D eigenvalue weighted by molar-refractivity contribution is -0.0454. The third-order valence-corrected chi connectivity index (χ3v) is 5.31. The molecule has 132 valence electrons. The SMILES string of the molecule is Fc1ccc(CN2CCC3(CC2)C[C@H](Oc2ccccc2)CO3)cc1. The van der Waals surface area contributed by atoms with E-state index in [1.807, 2.05) is 42.5 Å². The van der Waals surface area contributed by atoms with Gasteiger partial charge in [-0.15, -0.1) is 0 Å². The van der Waals surface area contributed by atoms with Gasteiger partial charge in [0.05, 0.1) is 12.2 Å². The maximum atomic E-state index is 13.0. The van der Waals surface area contributed by atoms with Crippen LogP contribution in [0, 0.1) is 5.82 Å². The molecule has 2 aromatic rings. The Bertz CT molecular complexity index is 681. The number of ether oxygens (including phenoxy) is 2. The highest BCUT2D eigenvalue weighted by Crippen LogP contribution is 2.37. The molecule has 0 N–H and O–H groups in total. The van der Waals surface area contributed by atoms with E-state index in [0.29, 0.717) is 6.61 Å². The first-order valence-corrected chi connectivity index (χ1v) is 9.03. The van der Waals surface area contributed by atoms with Crippen molar-refractivity contribution in [3.63, 3.8) is 0 Å². The molecular formula is C21H24FNO2. The molecule has 0 bridgehead atoms. The van der Waals surface area contributed by atoms with Crippen molar-refractivity contribution in [1.29, 1.82) is 0 Å². The molecule has 4 heteroatoms. The first-order valence-electron chi connectivity index (χ1n) is 9.03. The number of likely N-dealkylation sites (tertiary alicyclic amines) is 1. The molecule has 0 aromatic heterocycles. The molecule has 0 unspecified atom stereocenters. The van der Waals surface area contributed by atoms with E-state index in [1.165, 1.54) is 12.1 Å². The number of rotatable bonds is 4. The van der Waals surface area contributed by atoms with Crippen molar-refractivity contribution in [3.8, 4) is 5.75 Å². The van der Waals surface area contributed by atoms with Crippen molar-refractivity contribution < 1.29 is 13.9 Å². The molecule has 1 atom stereocenters. The molecule has 2 aromatic carbocycles. The highest BCUT2D eigenvalue weighted by molar-refractivity contribution is 5.21. The van der Waals surface area contributed by atoms with Gasteiger partial charge in [0.1, 0.15) is 17.7 Å². The van der Waals surface area contributed by atoms with Gasteiger partial charge in [-0.25, -0.2) is 4.39 Å². The van der Waals surface area contributed by atoms with Gasteiger partial charge in [0.15, 0.2) is 0 Å².